The first kappa shape index (κ1) is 13.2. The average molecular weight is 258 g/mol. The molecule has 0 bridgehead atoms. The number of aromatic nitrogens is 1. The van der Waals surface area contributed by atoms with Crippen LogP contribution in [0.1, 0.15) is 11.3 Å². The molecule has 0 unspecified atom stereocenters. The molecule has 19 heavy (non-hydrogen) atoms. The van der Waals surface area contributed by atoms with Gasteiger partial charge in [-0.15, -0.1) is 0 Å². The first-order valence-electron chi connectivity index (χ1n) is 6.14. The Kier molecular flexibility index (Phi) is 4.23. The highest BCUT2D eigenvalue weighted by Crippen LogP contribution is 2.28. The summed E-state index contributed by atoms with van der Waals surface area (Å²) in [6.07, 6.45) is 1.75. The predicted octanol–water partition coefficient (Wildman–Crippen LogP) is 3.02. The number of hydrogen-bond acceptors (Lipinski definition) is 4. The third-order valence-corrected chi connectivity index (χ3v) is 2.95. The molecule has 0 amide bonds. The maximum atomic E-state index is 5.83. The molecule has 1 N–H and O–H groups in total. The summed E-state index contributed by atoms with van der Waals surface area (Å²) in [7, 11) is 3.54. The minimum absolute atomic E-state index is 0.437. The number of anilines is 1. The SMILES string of the molecule is CNc1cccc(OC)c1COc1cccnc1C. The highest BCUT2D eigenvalue weighted by Gasteiger charge is 2.09. The van der Waals surface area contributed by atoms with Gasteiger partial charge >= 0.3 is 0 Å². The van der Waals surface area contributed by atoms with Crippen LogP contribution in [0, 0.1) is 6.92 Å². The molecule has 0 atom stereocenters. The normalized spacial score (nSPS) is 10.1. The molecular formula is C15H18N2O2. The highest BCUT2D eigenvalue weighted by molar-refractivity contribution is 5.57. The maximum Gasteiger partial charge on any atom is 0.141 e. The molecule has 1 heterocycles. The van der Waals surface area contributed by atoms with Gasteiger partial charge in [0.25, 0.3) is 0 Å². The number of aryl methyl sites for hydroxylation is 1. The third kappa shape index (κ3) is 2.96. The van der Waals surface area contributed by atoms with Crippen molar-refractivity contribution in [2.24, 2.45) is 0 Å². The van der Waals surface area contributed by atoms with Crippen LogP contribution in [-0.4, -0.2) is 19.1 Å². The van der Waals surface area contributed by atoms with Crippen LogP contribution >= 0.6 is 0 Å². The smallest absolute Gasteiger partial charge is 0.141 e. The molecule has 1 aromatic heterocycles. The average Bonchev–Trinajstić information content (AvgIpc) is 2.46. The Hall–Kier alpha value is -2.23. The number of methoxy groups -OCH3 is 1. The van der Waals surface area contributed by atoms with E-state index in [1.165, 1.54) is 0 Å². The van der Waals surface area contributed by atoms with Gasteiger partial charge in [0, 0.05) is 18.9 Å². The van der Waals surface area contributed by atoms with E-state index in [1.54, 1.807) is 13.3 Å². The second-order valence-corrected chi connectivity index (χ2v) is 4.11. The number of pyridine rings is 1. The van der Waals surface area contributed by atoms with Crippen LogP contribution in [0.3, 0.4) is 0 Å². The molecule has 0 saturated heterocycles. The van der Waals surface area contributed by atoms with Crippen molar-refractivity contribution < 1.29 is 9.47 Å². The van der Waals surface area contributed by atoms with E-state index in [-0.39, 0.29) is 0 Å². The Morgan fingerprint density at radius 1 is 1.16 bits per heavy atom. The van der Waals surface area contributed by atoms with Crippen LogP contribution in [0.15, 0.2) is 36.5 Å². The van der Waals surface area contributed by atoms with Crippen LogP contribution in [-0.2, 0) is 6.61 Å². The van der Waals surface area contributed by atoms with Crippen LogP contribution < -0.4 is 14.8 Å². The molecule has 0 aliphatic carbocycles. The fourth-order valence-electron chi connectivity index (χ4n) is 1.91. The van der Waals surface area contributed by atoms with Crippen molar-refractivity contribution in [3.8, 4) is 11.5 Å². The topological polar surface area (TPSA) is 43.4 Å². The fourth-order valence-corrected chi connectivity index (χ4v) is 1.91. The first-order valence-corrected chi connectivity index (χ1v) is 6.14. The van der Waals surface area contributed by atoms with Gasteiger partial charge in [-0.25, -0.2) is 0 Å². The number of benzene rings is 1. The van der Waals surface area contributed by atoms with Crippen molar-refractivity contribution >= 4 is 5.69 Å². The molecule has 4 heteroatoms. The van der Waals surface area contributed by atoms with Gasteiger partial charge < -0.3 is 14.8 Å². The lowest BCUT2D eigenvalue weighted by Crippen LogP contribution is -2.04. The molecule has 2 aromatic rings. The highest BCUT2D eigenvalue weighted by atomic mass is 16.5. The Morgan fingerprint density at radius 2 is 1.95 bits per heavy atom. The van der Waals surface area contributed by atoms with Crippen molar-refractivity contribution in [3.63, 3.8) is 0 Å². The zero-order valence-corrected chi connectivity index (χ0v) is 11.4. The molecule has 0 aliphatic rings. The summed E-state index contributed by atoms with van der Waals surface area (Å²) in [5, 5.41) is 3.15. The van der Waals surface area contributed by atoms with Gasteiger partial charge in [-0.2, -0.15) is 0 Å². The van der Waals surface area contributed by atoms with Crippen molar-refractivity contribution in [1.82, 2.24) is 4.98 Å². The lowest BCUT2D eigenvalue weighted by Gasteiger charge is -2.15. The Morgan fingerprint density at radius 3 is 2.63 bits per heavy atom. The van der Waals surface area contributed by atoms with Crippen molar-refractivity contribution in [3.05, 3.63) is 47.8 Å². The summed E-state index contributed by atoms with van der Waals surface area (Å²) in [5.41, 5.74) is 2.88. The Bertz CT molecular complexity index is 533. The quantitative estimate of drug-likeness (QED) is 0.895. The second-order valence-electron chi connectivity index (χ2n) is 4.11. The molecule has 0 radical (unpaired) electrons. The van der Waals surface area contributed by atoms with Crippen LogP contribution in [0.2, 0.25) is 0 Å². The van der Waals surface area contributed by atoms with E-state index in [4.69, 9.17) is 9.47 Å². The van der Waals surface area contributed by atoms with Gasteiger partial charge in [-0.1, -0.05) is 6.07 Å². The molecule has 4 nitrogen and oxygen atoms in total. The molecular weight excluding hydrogens is 240 g/mol. The van der Waals surface area contributed by atoms with Crippen molar-refractivity contribution in [1.29, 1.82) is 0 Å². The first-order chi connectivity index (χ1) is 9.26. The maximum absolute atomic E-state index is 5.83. The van der Waals surface area contributed by atoms with Crippen molar-refractivity contribution in [2.45, 2.75) is 13.5 Å². The number of hydrogen-bond donors (Lipinski definition) is 1. The van der Waals surface area contributed by atoms with E-state index >= 15 is 0 Å². The Labute approximate surface area is 113 Å². The third-order valence-electron chi connectivity index (χ3n) is 2.95. The number of ether oxygens (including phenoxy) is 2. The van der Waals surface area contributed by atoms with Crippen LogP contribution in [0.25, 0.3) is 0 Å². The van der Waals surface area contributed by atoms with Gasteiger partial charge in [0.05, 0.1) is 18.4 Å². The molecule has 0 fully saturated rings. The van der Waals surface area contributed by atoms with Gasteiger partial charge in [0.1, 0.15) is 18.1 Å². The van der Waals surface area contributed by atoms with Crippen LogP contribution in [0.5, 0.6) is 11.5 Å². The summed E-state index contributed by atoms with van der Waals surface area (Å²) in [6.45, 7) is 2.36. The largest absolute Gasteiger partial charge is 0.496 e. The summed E-state index contributed by atoms with van der Waals surface area (Å²) in [5.74, 6) is 1.60. The van der Waals surface area contributed by atoms with Gasteiger partial charge in [0.15, 0.2) is 0 Å². The van der Waals surface area contributed by atoms with E-state index in [1.807, 2.05) is 44.3 Å². The summed E-state index contributed by atoms with van der Waals surface area (Å²) >= 11 is 0. The lowest BCUT2D eigenvalue weighted by molar-refractivity contribution is 0.294. The Balaban J connectivity index is 2.21. The second kappa shape index (κ2) is 6.09. The van der Waals surface area contributed by atoms with Crippen LogP contribution in [0.4, 0.5) is 5.69 Å². The summed E-state index contributed by atoms with van der Waals surface area (Å²) in [4.78, 5) is 4.20. The lowest BCUT2D eigenvalue weighted by atomic mass is 10.1. The number of rotatable bonds is 5. The molecule has 0 spiro atoms. The number of nitrogens with zero attached hydrogens (tertiary/aromatic N) is 1. The summed E-state index contributed by atoms with van der Waals surface area (Å²) < 4.78 is 11.2. The van der Waals surface area contributed by atoms with E-state index in [0.29, 0.717) is 6.61 Å². The number of nitrogens with one attached hydrogen (secondary N) is 1. The van der Waals surface area contributed by atoms with E-state index in [0.717, 1.165) is 28.4 Å². The molecule has 0 aliphatic heterocycles. The van der Waals surface area contributed by atoms with Crippen molar-refractivity contribution in [2.75, 3.05) is 19.5 Å². The summed E-state index contributed by atoms with van der Waals surface area (Å²) in [6, 6.07) is 9.65. The standard InChI is InChI=1S/C15H18N2O2/c1-11-14(8-5-9-17-11)19-10-12-13(16-2)6-4-7-15(12)18-3/h4-9,16H,10H2,1-3H3. The predicted molar refractivity (Wildman–Crippen MR) is 75.8 cm³/mol. The van der Waals surface area contributed by atoms with Gasteiger partial charge in [-0.05, 0) is 31.2 Å². The van der Waals surface area contributed by atoms with Gasteiger partial charge in [-0.3, -0.25) is 4.98 Å². The zero-order chi connectivity index (χ0) is 13.7. The van der Waals surface area contributed by atoms with Gasteiger partial charge in [0.2, 0.25) is 0 Å². The minimum Gasteiger partial charge on any atom is -0.496 e. The van der Waals surface area contributed by atoms with E-state index < -0.39 is 0 Å². The zero-order valence-electron chi connectivity index (χ0n) is 11.4. The molecule has 0 saturated carbocycles. The van der Waals surface area contributed by atoms with E-state index in [9.17, 15) is 0 Å². The molecule has 100 valence electrons. The van der Waals surface area contributed by atoms with E-state index in [2.05, 4.69) is 10.3 Å². The fraction of sp³-hybridized carbons (Fsp3) is 0.267. The minimum atomic E-state index is 0.437. The molecule has 2 rings (SSSR count). The molecule has 1 aromatic carbocycles. The monoisotopic (exact) mass is 258 g/mol.